The number of para-hydroxylation sites is 1. The minimum absolute atomic E-state index is 0.00183. The van der Waals surface area contributed by atoms with Crippen LogP contribution in [0.4, 0.5) is 0 Å². The van der Waals surface area contributed by atoms with Gasteiger partial charge in [-0.15, -0.1) is 11.3 Å². The predicted molar refractivity (Wildman–Crippen MR) is 207 cm³/mol. The van der Waals surface area contributed by atoms with Crippen LogP contribution in [0, 0.1) is 23.7 Å². The molecule has 0 radical (unpaired) electrons. The lowest BCUT2D eigenvalue weighted by Crippen LogP contribution is -2.51. The first-order valence-electron chi connectivity index (χ1n) is 19.7. The molecule has 0 bridgehead atoms. The summed E-state index contributed by atoms with van der Waals surface area (Å²) in [5.74, 6) is -0.747. The van der Waals surface area contributed by atoms with E-state index in [-0.39, 0.29) is 48.2 Å². The van der Waals surface area contributed by atoms with Gasteiger partial charge in [0.1, 0.15) is 11.5 Å². The Kier molecular flexibility index (Phi) is 13.7. The zero-order valence-electron chi connectivity index (χ0n) is 31.6. The largest absolute Gasteiger partial charge is 0.493 e. The SMILES string of the molecule is CCC(=O)C[C@@H](Cc1nc2ccc(CC)cc2s1)C(=O)N[C@H](C(=O)C[C@@H](CC1CCN(C)CC1)C(=O)N[C@@H]1CCOc2ccccc21)C1CCOCC1. The molecule has 0 saturated carbocycles. The molecular weight excluding hydrogens is 689 g/mol. The highest BCUT2D eigenvalue weighted by molar-refractivity contribution is 7.18. The number of carbonyl (C=O) groups excluding carboxylic acids is 4. The lowest BCUT2D eigenvalue weighted by molar-refractivity contribution is -0.136. The van der Waals surface area contributed by atoms with Gasteiger partial charge in [-0.05, 0) is 94.3 Å². The number of benzene rings is 2. The molecule has 0 spiro atoms. The molecule has 4 atom stereocenters. The van der Waals surface area contributed by atoms with Gasteiger partial charge < -0.3 is 25.0 Å². The third-order valence-corrected chi connectivity index (χ3v) is 12.5. The molecule has 2 aromatic carbocycles. The number of aromatic nitrogens is 1. The number of piperidine rings is 1. The number of ketones is 2. The summed E-state index contributed by atoms with van der Waals surface area (Å²) >= 11 is 1.56. The highest BCUT2D eigenvalue weighted by Gasteiger charge is 2.37. The quantitative estimate of drug-likeness (QED) is 0.177. The summed E-state index contributed by atoms with van der Waals surface area (Å²) in [6.07, 6.45) is 6.21. The molecule has 0 unspecified atom stereocenters. The molecule has 1 aromatic heterocycles. The van der Waals surface area contributed by atoms with Gasteiger partial charge in [0.05, 0.1) is 39.8 Å². The standard InChI is InChI=1S/C42H56N4O6S/c1-4-27-10-11-35-38(23-27)53-39(43-35)26-31(24-32(47)5-2)42(50)45-40(29-14-19-51-20-15-29)36(48)25-30(22-28-12-17-46(3)18-13-28)41(49)44-34-16-21-52-37-9-7-6-8-33(34)37/h6-11,23,28-31,34,40H,4-5,12-22,24-26H2,1-3H3,(H,44,49)(H,45,50)/t30-,31+,34-,40+/m1/s1. The van der Waals surface area contributed by atoms with Crippen LogP contribution >= 0.6 is 11.3 Å². The number of aryl methyl sites for hydroxylation is 1. The van der Waals surface area contributed by atoms with Gasteiger partial charge >= 0.3 is 0 Å². The highest BCUT2D eigenvalue weighted by atomic mass is 32.1. The molecule has 3 aliphatic rings. The van der Waals surface area contributed by atoms with E-state index in [1.807, 2.05) is 37.3 Å². The lowest BCUT2D eigenvalue weighted by Gasteiger charge is -2.34. The fourth-order valence-electron chi connectivity index (χ4n) is 8.13. The van der Waals surface area contributed by atoms with Crippen LogP contribution in [0.1, 0.15) is 93.8 Å². The number of nitrogens with zero attached hydrogens (tertiary/aromatic N) is 2. The number of Topliss-reactive ketones (excluding diaryl/α,β-unsaturated/α-hetero) is 2. The summed E-state index contributed by atoms with van der Waals surface area (Å²) in [5, 5.41) is 7.26. The molecule has 2 amide bonds. The second kappa shape index (κ2) is 18.6. The van der Waals surface area contributed by atoms with Gasteiger partial charge in [0.2, 0.25) is 11.8 Å². The van der Waals surface area contributed by atoms with E-state index in [4.69, 9.17) is 14.5 Å². The van der Waals surface area contributed by atoms with Gasteiger partial charge in [-0.2, -0.15) is 0 Å². The fraction of sp³-hybridized carbons (Fsp3) is 0.595. The molecule has 3 aliphatic heterocycles. The van der Waals surface area contributed by atoms with E-state index in [0.717, 1.165) is 58.9 Å². The van der Waals surface area contributed by atoms with Crippen molar-refractivity contribution < 1.29 is 28.7 Å². The number of nitrogens with one attached hydrogen (secondary N) is 2. The molecule has 2 N–H and O–H groups in total. The normalized spacial score (nSPS) is 20.2. The van der Waals surface area contributed by atoms with Gasteiger partial charge in [0.15, 0.2) is 5.78 Å². The lowest BCUT2D eigenvalue weighted by atomic mass is 9.80. The molecular formula is C42H56N4O6S. The Morgan fingerprint density at radius 3 is 2.45 bits per heavy atom. The van der Waals surface area contributed by atoms with Crippen molar-refractivity contribution in [3.63, 3.8) is 0 Å². The van der Waals surface area contributed by atoms with Crippen molar-refractivity contribution in [3.05, 3.63) is 58.6 Å². The van der Waals surface area contributed by atoms with E-state index in [2.05, 4.69) is 41.6 Å². The van der Waals surface area contributed by atoms with E-state index in [0.29, 0.717) is 64.3 Å². The first kappa shape index (κ1) is 39.0. The number of hydrogen-bond donors (Lipinski definition) is 2. The molecule has 0 aliphatic carbocycles. The van der Waals surface area contributed by atoms with Crippen LogP contribution in [-0.4, -0.2) is 79.3 Å². The Morgan fingerprint density at radius 1 is 0.925 bits per heavy atom. The van der Waals surface area contributed by atoms with Gasteiger partial charge in [-0.25, -0.2) is 4.98 Å². The van der Waals surface area contributed by atoms with Gasteiger partial charge in [0.25, 0.3) is 0 Å². The van der Waals surface area contributed by atoms with Gasteiger partial charge in [0, 0.05) is 56.8 Å². The minimum Gasteiger partial charge on any atom is -0.493 e. The monoisotopic (exact) mass is 744 g/mol. The van der Waals surface area contributed by atoms with Crippen LogP contribution < -0.4 is 15.4 Å². The summed E-state index contributed by atoms with van der Waals surface area (Å²) in [7, 11) is 2.12. The van der Waals surface area contributed by atoms with Crippen LogP contribution in [0.15, 0.2) is 42.5 Å². The van der Waals surface area contributed by atoms with Crippen molar-refractivity contribution in [2.24, 2.45) is 23.7 Å². The number of amides is 2. The number of hydrogen-bond acceptors (Lipinski definition) is 9. The number of likely N-dealkylation sites (tertiary alicyclic amines) is 1. The molecule has 2 fully saturated rings. The number of rotatable bonds is 16. The predicted octanol–water partition coefficient (Wildman–Crippen LogP) is 6.25. The Labute approximate surface area is 317 Å². The van der Waals surface area contributed by atoms with Crippen molar-refractivity contribution in [2.75, 3.05) is 40.0 Å². The summed E-state index contributed by atoms with van der Waals surface area (Å²) in [4.78, 5) is 63.0. The van der Waals surface area contributed by atoms with Crippen molar-refractivity contribution >= 4 is 44.9 Å². The van der Waals surface area contributed by atoms with Gasteiger partial charge in [-0.1, -0.05) is 38.1 Å². The molecule has 4 heterocycles. The van der Waals surface area contributed by atoms with Crippen LogP contribution in [-0.2, 0) is 36.8 Å². The first-order valence-corrected chi connectivity index (χ1v) is 20.5. The fourth-order valence-corrected chi connectivity index (χ4v) is 9.24. The van der Waals surface area contributed by atoms with Crippen molar-refractivity contribution in [1.82, 2.24) is 20.5 Å². The van der Waals surface area contributed by atoms with Crippen LogP contribution in [0.2, 0.25) is 0 Å². The second-order valence-electron chi connectivity index (χ2n) is 15.3. The van der Waals surface area contributed by atoms with Crippen LogP contribution in [0.5, 0.6) is 5.75 Å². The number of ether oxygens (including phenoxy) is 2. The Bertz CT molecular complexity index is 1730. The maximum atomic E-state index is 14.6. The first-order chi connectivity index (χ1) is 25.7. The van der Waals surface area contributed by atoms with E-state index in [1.54, 1.807) is 11.3 Å². The summed E-state index contributed by atoms with van der Waals surface area (Å²) in [6, 6.07) is 13.1. The van der Waals surface area contributed by atoms with E-state index in [9.17, 15) is 19.2 Å². The molecule has 11 heteroatoms. The Hall–Kier alpha value is -3.67. The molecule has 3 aromatic rings. The van der Waals surface area contributed by atoms with Crippen molar-refractivity contribution in [3.8, 4) is 5.75 Å². The average molecular weight is 745 g/mol. The third kappa shape index (κ3) is 10.3. The van der Waals surface area contributed by atoms with E-state index >= 15 is 0 Å². The molecule has 286 valence electrons. The zero-order chi connectivity index (χ0) is 37.3. The molecule has 6 rings (SSSR count). The van der Waals surface area contributed by atoms with Crippen molar-refractivity contribution in [1.29, 1.82) is 0 Å². The van der Waals surface area contributed by atoms with Gasteiger partial charge in [-0.3, -0.25) is 19.2 Å². The van der Waals surface area contributed by atoms with E-state index < -0.39 is 17.9 Å². The Morgan fingerprint density at radius 2 is 1.70 bits per heavy atom. The number of carbonyl (C=O) groups is 4. The third-order valence-electron chi connectivity index (χ3n) is 11.5. The topological polar surface area (TPSA) is 127 Å². The zero-order valence-corrected chi connectivity index (χ0v) is 32.4. The van der Waals surface area contributed by atoms with Crippen molar-refractivity contribution in [2.45, 2.75) is 96.6 Å². The Balaban J connectivity index is 1.22. The number of thiazole rings is 1. The molecule has 53 heavy (non-hydrogen) atoms. The minimum atomic E-state index is -0.773. The maximum Gasteiger partial charge on any atom is 0.224 e. The summed E-state index contributed by atoms with van der Waals surface area (Å²) in [6.45, 7) is 7.39. The summed E-state index contributed by atoms with van der Waals surface area (Å²) < 4.78 is 12.6. The number of fused-ring (bicyclic) bond motifs is 2. The van der Waals surface area contributed by atoms with Crippen LogP contribution in [0.25, 0.3) is 10.2 Å². The van der Waals surface area contributed by atoms with E-state index in [1.165, 1.54) is 5.56 Å². The smallest absolute Gasteiger partial charge is 0.224 e. The molecule has 2 saturated heterocycles. The summed E-state index contributed by atoms with van der Waals surface area (Å²) in [5.41, 5.74) is 3.06. The molecule has 10 nitrogen and oxygen atoms in total. The van der Waals surface area contributed by atoms with Crippen LogP contribution in [0.3, 0.4) is 0 Å². The highest BCUT2D eigenvalue weighted by Crippen LogP contribution is 2.34. The second-order valence-corrected chi connectivity index (χ2v) is 16.4. The average Bonchev–Trinajstić information content (AvgIpc) is 3.59. The maximum absolute atomic E-state index is 14.6.